The number of hydrogen-bond acceptors (Lipinski definition) is 3. The van der Waals surface area contributed by atoms with E-state index in [9.17, 15) is 4.79 Å². The Hall–Kier alpha value is -0.890. The lowest BCUT2D eigenvalue weighted by Crippen LogP contribution is -2.27. The van der Waals surface area contributed by atoms with E-state index in [-0.39, 0.29) is 5.78 Å². The van der Waals surface area contributed by atoms with Gasteiger partial charge in [0, 0.05) is 5.57 Å². The van der Waals surface area contributed by atoms with Crippen molar-refractivity contribution in [2.24, 2.45) is 0 Å². The van der Waals surface area contributed by atoms with Gasteiger partial charge in [-0.05, 0) is 20.8 Å². The van der Waals surface area contributed by atoms with E-state index in [2.05, 4.69) is 12.3 Å². The van der Waals surface area contributed by atoms with Crippen LogP contribution in [0.2, 0.25) is 0 Å². The minimum atomic E-state index is -0.651. The number of carbonyl (C=O) groups excluding carboxylic acids is 1. The molecule has 1 rings (SSSR count). The summed E-state index contributed by atoms with van der Waals surface area (Å²) < 4.78 is 10.6. The first-order chi connectivity index (χ1) is 5.96. The van der Waals surface area contributed by atoms with Gasteiger partial charge in [0.15, 0.2) is 11.6 Å². The molecule has 0 spiro atoms. The maximum absolute atomic E-state index is 11.5. The van der Waals surface area contributed by atoms with Crippen LogP contribution < -0.4 is 0 Å². The van der Waals surface area contributed by atoms with Crippen molar-refractivity contribution in [3.63, 3.8) is 0 Å². The van der Waals surface area contributed by atoms with Gasteiger partial charge in [0.2, 0.25) is 0 Å². The number of ether oxygens (including phenoxy) is 2. The Balaban J connectivity index is 2.67. The molecule has 1 fully saturated rings. The van der Waals surface area contributed by atoms with Gasteiger partial charge < -0.3 is 9.47 Å². The van der Waals surface area contributed by atoms with E-state index >= 15 is 0 Å². The van der Waals surface area contributed by atoms with Gasteiger partial charge in [-0.1, -0.05) is 6.58 Å². The van der Waals surface area contributed by atoms with Crippen molar-refractivity contribution in [1.29, 1.82) is 0 Å². The Morgan fingerprint density at radius 1 is 1.62 bits per heavy atom. The summed E-state index contributed by atoms with van der Waals surface area (Å²) in [4.78, 5) is 11.5. The van der Waals surface area contributed by atoms with Gasteiger partial charge in [-0.15, -0.1) is 5.73 Å². The smallest absolute Gasteiger partial charge is 0.197 e. The van der Waals surface area contributed by atoms with E-state index < -0.39 is 11.9 Å². The van der Waals surface area contributed by atoms with Crippen LogP contribution in [0.25, 0.3) is 0 Å². The molecule has 0 saturated carbocycles. The zero-order valence-corrected chi connectivity index (χ0v) is 8.22. The fraction of sp³-hybridized carbons (Fsp3) is 0.600. The molecule has 1 saturated heterocycles. The Labute approximate surface area is 78.0 Å². The van der Waals surface area contributed by atoms with E-state index in [0.29, 0.717) is 12.2 Å². The molecule has 0 aromatic rings. The Morgan fingerprint density at radius 2 is 2.23 bits per heavy atom. The Bertz CT molecular complexity index is 272. The molecule has 0 aliphatic carbocycles. The third kappa shape index (κ3) is 2.28. The number of hydrogen-bond donors (Lipinski definition) is 0. The van der Waals surface area contributed by atoms with Crippen LogP contribution in [0.1, 0.15) is 20.8 Å². The van der Waals surface area contributed by atoms with Gasteiger partial charge in [0.25, 0.3) is 0 Å². The second-order valence-electron chi connectivity index (χ2n) is 3.48. The van der Waals surface area contributed by atoms with Crippen LogP contribution in [0, 0.1) is 0 Å². The third-order valence-corrected chi connectivity index (χ3v) is 1.94. The average Bonchev–Trinajstić information content (AvgIpc) is 2.43. The molecular weight excluding hydrogens is 168 g/mol. The maximum atomic E-state index is 11.5. The predicted octanol–water partition coefficient (Wildman–Crippen LogP) is 1.44. The van der Waals surface area contributed by atoms with E-state index in [4.69, 9.17) is 9.47 Å². The van der Waals surface area contributed by atoms with Crippen LogP contribution in [0.5, 0.6) is 0 Å². The van der Waals surface area contributed by atoms with Crippen LogP contribution in [0.3, 0.4) is 0 Å². The molecule has 0 aromatic heterocycles. The van der Waals surface area contributed by atoms with E-state index in [0.717, 1.165) is 0 Å². The van der Waals surface area contributed by atoms with Crippen molar-refractivity contribution >= 4 is 5.78 Å². The molecule has 0 N–H and O–H groups in total. The van der Waals surface area contributed by atoms with Gasteiger partial charge in [0.05, 0.1) is 6.61 Å². The highest BCUT2D eigenvalue weighted by atomic mass is 16.7. The first-order valence-corrected chi connectivity index (χ1v) is 4.19. The molecule has 72 valence electrons. The first kappa shape index (κ1) is 10.2. The molecule has 1 aliphatic rings. The summed E-state index contributed by atoms with van der Waals surface area (Å²) in [5, 5.41) is 0. The van der Waals surface area contributed by atoms with Crippen LogP contribution >= 0.6 is 0 Å². The van der Waals surface area contributed by atoms with Gasteiger partial charge in [-0.25, -0.2) is 0 Å². The lowest BCUT2D eigenvalue weighted by molar-refractivity contribution is -0.149. The quantitative estimate of drug-likeness (QED) is 0.479. The topological polar surface area (TPSA) is 35.5 Å². The second kappa shape index (κ2) is 3.46. The summed E-state index contributed by atoms with van der Waals surface area (Å²) in [5.74, 6) is -0.748. The fourth-order valence-corrected chi connectivity index (χ4v) is 1.14. The van der Waals surface area contributed by atoms with Gasteiger partial charge >= 0.3 is 0 Å². The molecule has 13 heavy (non-hydrogen) atoms. The number of carbonyl (C=O) groups is 1. The van der Waals surface area contributed by atoms with Crippen molar-refractivity contribution in [3.05, 3.63) is 17.9 Å². The zero-order chi connectivity index (χ0) is 10.1. The Kier molecular flexibility index (Phi) is 2.71. The maximum Gasteiger partial charge on any atom is 0.197 e. The molecule has 1 heterocycles. The number of rotatable bonds is 2. The van der Waals surface area contributed by atoms with Crippen molar-refractivity contribution in [1.82, 2.24) is 0 Å². The zero-order valence-electron chi connectivity index (χ0n) is 8.22. The van der Waals surface area contributed by atoms with Crippen molar-refractivity contribution in [2.75, 3.05) is 6.61 Å². The van der Waals surface area contributed by atoms with Crippen molar-refractivity contribution in [3.8, 4) is 0 Å². The summed E-state index contributed by atoms with van der Waals surface area (Å²) in [5.41, 5.74) is 3.04. The van der Waals surface area contributed by atoms with Crippen LogP contribution in [0.15, 0.2) is 17.9 Å². The number of ketones is 1. The van der Waals surface area contributed by atoms with Crippen LogP contribution in [-0.4, -0.2) is 24.3 Å². The lowest BCUT2D eigenvalue weighted by Gasteiger charge is -2.16. The van der Waals surface area contributed by atoms with Crippen molar-refractivity contribution < 1.29 is 14.3 Å². The molecule has 0 radical (unpaired) electrons. The van der Waals surface area contributed by atoms with E-state index in [1.165, 1.54) is 0 Å². The van der Waals surface area contributed by atoms with Gasteiger partial charge in [0.1, 0.15) is 6.10 Å². The number of Topliss-reactive ketones (excluding diaryl/α,β-unsaturated/α-hetero) is 1. The lowest BCUT2D eigenvalue weighted by atomic mass is 10.1. The van der Waals surface area contributed by atoms with Crippen molar-refractivity contribution in [2.45, 2.75) is 32.7 Å². The molecule has 0 amide bonds. The summed E-state index contributed by atoms with van der Waals surface area (Å²) in [7, 11) is 0. The highest BCUT2D eigenvalue weighted by Crippen LogP contribution is 2.23. The summed E-state index contributed by atoms with van der Waals surface area (Å²) in [6.45, 7) is 8.96. The highest BCUT2D eigenvalue weighted by Gasteiger charge is 2.37. The Morgan fingerprint density at radius 3 is 2.62 bits per heavy atom. The molecule has 1 aliphatic heterocycles. The molecule has 1 atom stereocenters. The SMILES string of the molecule is C=C=C(C)C(=O)[C@H]1COC(C)(C)O1. The average molecular weight is 182 g/mol. The molecular formula is C10H14O3. The minimum absolute atomic E-state index is 0.0967. The minimum Gasteiger partial charge on any atom is -0.347 e. The van der Waals surface area contributed by atoms with E-state index in [1.807, 2.05) is 0 Å². The molecule has 3 nitrogen and oxygen atoms in total. The summed E-state index contributed by atoms with van der Waals surface area (Å²) >= 11 is 0. The largest absolute Gasteiger partial charge is 0.347 e. The van der Waals surface area contributed by atoms with Gasteiger partial charge in [-0.2, -0.15) is 0 Å². The normalized spacial score (nSPS) is 25.3. The third-order valence-electron chi connectivity index (χ3n) is 1.94. The molecule has 0 unspecified atom stereocenters. The van der Waals surface area contributed by atoms with Gasteiger partial charge in [-0.3, -0.25) is 4.79 Å². The highest BCUT2D eigenvalue weighted by molar-refractivity contribution is 5.98. The summed E-state index contributed by atoms with van der Waals surface area (Å²) in [6.07, 6.45) is -0.496. The molecule has 0 aromatic carbocycles. The predicted molar refractivity (Wildman–Crippen MR) is 48.2 cm³/mol. The second-order valence-corrected chi connectivity index (χ2v) is 3.48. The van der Waals surface area contributed by atoms with Crippen LogP contribution in [0.4, 0.5) is 0 Å². The van der Waals surface area contributed by atoms with E-state index in [1.54, 1.807) is 20.8 Å². The molecule has 3 heteroatoms. The standard InChI is InChI=1S/C10H14O3/c1-5-7(2)9(11)8-6-12-10(3,4)13-8/h8H,1,6H2,2-4H3/t8-/m1/s1. The monoisotopic (exact) mass is 182 g/mol. The summed E-state index contributed by atoms with van der Waals surface area (Å²) in [6, 6.07) is 0. The fourth-order valence-electron chi connectivity index (χ4n) is 1.14. The first-order valence-electron chi connectivity index (χ1n) is 4.19. The van der Waals surface area contributed by atoms with Crippen LogP contribution in [-0.2, 0) is 14.3 Å². The molecule has 0 bridgehead atoms.